The lowest BCUT2D eigenvalue weighted by Gasteiger charge is -2.34. The Balaban J connectivity index is 1.51. The maximum atomic E-state index is 13.4. The van der Waals surface area contributed by atoms with E-state index < -0.39 is 34.2 Å². The summed E-state index contributed by atoms with van der Waals surface area (Å²) in [6.45, 7) is 1.93. The van der Waals surface area contributed by atoms with Crippen molar-refractivity contribution >= 4 is 17.3 Å². The minimum Gasteiger partial charge on any atom is -0.325 e. The highest BCUT2D eigenvalue weighted by Gasteiger charge is 2.35. The predicted octanol–water partition coefficient (Wildman–Crippen LogP) is 2.90. The molecule has 0 radical (unpaired) electrons. The third-order valence-electron chi connectivity index (χ3n) is 4.81. The summed E-state index contributed by atoms with van der Waals surface area (Å²) in [5.74, 6) is -1.43. The molecule has 2 aromatic rings. The summed E-state index contributed by atoms with van der Waals surface area (Å²) in [6, 6.07) is 5.93. The normalized spacial score (nSPS) is 15.6. The summed E-state index contributed by atoms with van der Waals surface area (Å²) in [5, 5.41) is 13.3. The number of hydrogen-bond donors (Lipinski definition) is 1. The Kier molecular flexibility index (Phi) is 6.81. The van der Waals surface area contributed by atoms with Gasteiger partial charge in [0.25, 0.3) is 0 Å². The second-order valence-corrected chi connectivity index (χ2v) is 7.03. The van der Waals surface area contributed by atoms with Gasteiger partial charge >= 0.3 is 11.9 Å². The lowest BCUT2D eigenvalue weighted by Crippen LogP contribution is -2.48. The number of hydrogen-bond acceptors (Lipinski definition) is 6. The Labute approximate surface area is 174 Å². The van der Waals surface area contributed by atoms with Crippen molar-refractivity contribution in [2.24, 2.45) is 0 Å². The van der Waals surface area contributed by atoms with Gasteiger partial charge < -0.3 is 5.32 Å². The summed E-state index contributed by atoms with van der Waals surface area (Å²) >= 11 is 0. The molecule has 1 fully saturated rings. The molecule has 1 N–H and O–H groups in total. The van der Waals surface area contributed by atoms with E-state index in [1.54, 1.807) is 0 Å². The molecule has 8 nitrogen and oxygen atoms in total. The minimum absolute atomic E-state index is 0.000290. The number of amides is 1. The van der Waals surface area contributed by atoms with Gasteiger partial charge in [0.2, 0.25) is 11.7 Å². The molecule has 0 bridgehead atoms. The zero-order valence-corrected chi connectivity index (χ0v) is 16.2. The number of alkyl halides is 3. The van der Waals surface area contributed by atoms with E-state index >= 15 is 0 Å². The average molecular weight is 441 g/mol. The van der Waals surface area contributed by atoms with Crippen molar-refractivity contribution in [3.8, 4) is 0 Å². The fourth-order valence-corrected chi connectivity index (χ4v) is 3.30. The van der Waals surface area contributed by atoms with Crippen LogP contribution in [0.4, 0.5) is 28.9 Å². The second-order valence-electron chi connectivity index (χ2n) is 7.03. The molecular weight excluding hydrogens is 422 g/mol. The number of nitrogens with one attached hydrogen (secondary N) is 1. The molecule has 31 heavy (non-hydrogen) atoms. The predicted molar refractivity (Wildman–Crippen MR) is 103 cm³/mol. The number of nitro benzene ring substituents is 1. The van der Waals surface area contributed by atoms with Crippen molar-refractivity contribution in [2.75, 3.05) is 38.0 Å². The van der Waals surface area contributed by atoms with Gasteiger partial charge in [0.05, 0.1) is 11.5 Å². The fourth-order valence-electron chi connectivity index (χ4n) is 3.30. The summed E-state index contributed by atoms with van der Waals surface area (Å²) < 4.78 is 52.6. The maximum Gasteiger partial charge on any atom is 0.433 e. The molecule has 0 atom stereocenters. The number of pyridine rings is 1. The Morgan fingerprint density at radius 1 is 1.16 bits per heavy atom. The third kappa shape index (κ3) is 5.95. The van der Waals surface area contributed by atoms with Crippen LogP contribution in [0.2, 0.25) is 0 Å². The molecule has 12 heteroatoms. The molecule has 1 saturated heterocycles. The highest BCUT2D eigenvalue weighted by molar-refractivity contribution is 5.92. The molecule has 0 aliphatic carbocycles. The van der Waals surface area contributed by atoms with E-state index in [9.17, 15) is 32.5 Å². The molecule has 1 aromatic carbocycles. The molecule has 1 aromatic heterocycles. The van der Waals surface area contributed by atoms with Crippen molar-refractivity contribution in [2.45, 2.75) is 12.7 Å². The van der Waals surface area contributed by atoms with Gasteiger partial charge in [-0.25, -0.2) is 0 Å². The van der Waals surface area contributed by atoms with E-state index in [-0.39, 0.29) is 24.3 Å². The lowest BCUT2D eigenvalue weighted by molar-refractivity contribution is -0.387. The first-order chi connectivity index (χ1) is 14.6. The zero-order valence-electron chi connectivity index (χ0n) is 16.2. The van der Waals surface area contributed by atoms with Gasteiger partial charge in [-0.2, -0.15) is 17.6 Å². The first-order valence-electron chi connectivity index (χ1n) is 9.33. The van der Waals surface area contributed by atoms with Crippen LogP contribution in [0.1, 0.15) is 11.3 Å². The van der Waals surface area contributed by atoms with Crippen LogP contribution in [0, 0.1) is 15.9 Å². The summed E-state index contributed by atoms with van der Waals surface area (Å²) in [7, 11) is 0. The highest BCUT2D eigenvalue weighted by atomic mass is 19.4. The smallest absolute Gasteiger partial charge is 0.325 e. The zero-order chi connectivity index (χ0) is 22.6. The van der Waals surface area contributed by atoms with Crippen LogP contribution in [-0.2, 0) is 17.5 Å². The molecule has 1 aliphatic heterocycles. The first-order valence-corrected chi connectivity index (χ1v) is 9.33. The summed E-state index contributed by atoms with van der Waals surface area (Å²) in [5.41, 5.74) is -1.43. The topological polar surface area (TPSA) is 91.6 Å². The molecule has 0 spiro atoms. The van der Waals surface area contributed by atoms with E-state index in [1.165, 1.54) is 18.2 Å². The van der Waals surface area contributed by atoms with E-state index in [4.69, 9.17) is 0 Å². The van der Waals surface area contributed by atoms with Gasteiger partial charge in [0, 0.05) is 50.7 Å². The number of carbonyl (C=O) groups is 1. The Morgan fingerprint density at radius 2 is 1.84 bits per heavy atom. The van der Waals surface area contributed by atoms with Crippen molar-refractivity contribution < 1.29 is 27.3 Å². The quantitative estimate of drug-likeness (QED) is 0.421. The molecule has 2 heterocycles. The second kappa shape index (κ2) is 9.35. The molecule has 166 valence electrons. The summed E-state index contributed by atoms with van der Waals surface area (Å²) in [6.07, 6.45) is -3.41. The number of halogens is 4. The van der Waals surface area contributed by atoms with E-state index in [0.717, 1.165) is 18.3 Å². The number of rotatable bonds is 6. The van der Waals surface area contributed by atoms with Crippen molar-refractivity contribution in [1.29, 1.82) is 0 Å². The number of piperazine rings is 1. The molecule has 0 saturated carbocycles. The number of aromatic nitrogens is 1. The van der Waals surface area contributed by atoms with Gasteiger partial charge in [0.15, 0.2) is 0 Å². The highest BCUT2D eigenvalue weighted by Crippen LogP contribution is 2.30. The minimum atomic E-state index is -4.52. The molecule has 1 amide bonds. The van der Waals surface area contributed by atoms with Crippen LogP contribution in [0.25, 0.3) is 0 Å². The number of benzene rings is 1. The number of carbonyl (C=O) groups excluding carboxylic acids is 1. The standard InChI is InChI=1S/C19H19F4N5O3/c20-15-4-3-14(10-16(15)28(30)31)25-17(29)12-27-8-6-26(7-9-27)11-13-2-1-5-24-18(13)19(21,22)23/h1-5,10H,6-9,11-12H2,(H,25,29). The number of anilines is 1. The monoisotopic (exact) mass is 441 g/mol. The van der Waals surface area contributed by atoms with E-state index in [1.807, 2.05) is 9.80 Å². The van der Waals surface area contributed by atoms with Crippen molar-refractivity contribution in [1.82, 2.24) is 14.8 Å². The van der Waals surface area contributed by atoms with Gasteiger partial charge in [-0.05, 0) is 23.8 Å². The maximum absolute atomic E-state index is 13.4. The van der Waals surface area contributed by atoms with Gasteiger partial charge in [0.1, 0.15) is 5.69 Å². The van der Waals surface area contributed by atoms with Gasteiger partial charge in [-0.1, -0.05) is 6.07 Å². The first kappa shape index (κ1) is 22.6. The van der Waals surface area contributed by atoms with Gasteiger partial charge in [-0.3, -0.25) is 29.7 Å². The number of nitrogens with zero attached hydrogens (tertiary/aromatic N) is 4. The molecule has 3 rings (SSSR count). The van der Waals surface area contributed by atoms with Crippen molar-refractivity contribution in [3.63, 3.8) is 0 Å². The van der Waals surface area contributed by atoms with Crippen LogP contribution in [0.5, 0.6) is 0 Å². The average Bonchev–Trinajstić information content (AvgIpc) is 2.70. The largest absolute Gasteiger partial charge is 0.433 e. The van der Waals surface area contributed by atoms with Gasteiger partial charge in [-0.15, -0.1) is 0 Å². The third-order valence-corrected chi connectivity index (χ3v) is 4.81. The lowest BCUT2D eigenvalue weighted by atomic mass is 10.1. The Bertz CT molecular complexity index is 962. The van der Waals surface area contributed by atoms with Crippen LogP contribution in [0.15, 0.2) is 36.5 Å². The van der Waals surface area contributed by atoms with Crippen LogP contribution in [0.3, 0.4) is 0 Å². The Hall–Kier alpha value is -3.12. The molecule has 0 unspecified atom stereocenters. The molecule has 1 aliphatic rings. The summed E-state index contributed by atoms with van der Waals surface area (Å²) in [4.78, 5) is 29.2. The Morgan fingerprint density at radius 3 is 2.48 bits per heavy atom. The fraction of sp³-hybridized carbons (Fsp3) is 0.368. The molecular formula is C19H19F4N5O3. The van der Waals surface area contributed by atoms with Crippen LogP contribution < -0.4 is 5.32 Å². The van der Waals surface area contributed by atoms with E-state index in [2.05, 4.69) is 10.3 Å². The van der Waals surface area contributed by atoms with Crippen LogP contribution >= 0.6 is 0 Å². The van der Waals surface area contributed by atoms with Crippen LogP contribution in [-0.4, -0.2) is 58.3 Å². The number of nitro groups is 1. The SMILES string of the molecule is O=C(CN1CCN(Cc2cccnc2C(F)(F)F)CC1)Nc1ccc(F)c([N+](=O)[O-])c1. The van der Waals surface area contributed by atoms with E-state index in [0.29, 0.717) is 26.2 Å². The van der Waals surface area contributed by atoms with Crippen molar-refractivity contribution in [3.05, 3.63) is 63.7 Å².